The number of hydrogen-bond acceptors (Lipinski definition) is 4. The number of nitrogens with zero attached hydrogens (tertiary/aromatic N) is 1. The molecule has 0 radical (unpaired) electrons. The lowest BCUT2D eigenvalue weighted by Crippen LogP contribution is -2.12. The van der Waals surface area contributed by atoms with E-state index in [2.05, 4.69) is 58.3 Å². The molecule has 0 bridgehead atoms. The van der Waals surface area contributed by atoms with Gasteiger partial charge in [-0.25, -0.2) is 4.98 Å². The van der Waals surface area contributed by atoms with Crippen molar-refractivity contribution in [1.29, 1.82) is 0 Å². The number of aromatic nitrogens is 1. The van der Waals surface area contributed by atoms with E-state index >= 15 is 0 Å². The summed E-state index contributed by atoms with van der Waals surface area (Å²) < 4.78 is 5.89. The van der Waals surface area contributed by atoms with E-state index in [1.165, 1.54) is 16.9 Å². The lowest BCUT2D eigenvalue weighted by Gasteiger charge is -2.07. The van der Waals surface area contributed by atoms with Crippen LogP contribution >= 0.6 is 27.3 Å². The summed E-state index contributed by atoms with van der Waals surface area (Å²) in [6, 6.07) is 11.5. The molecule has 0 aliphatic rings. The number of benzene rings is 2. The number of ether oxygens (including phenoxy) is 1. The van der Waals surface area contributed by atoms with Crippen molar-refractivity contribution in [2.45, 2.75) is 13.8 Å². The molecule has 1 amide bonds. The zero-order valence-corrected chi connectivity index (χ0v) is 16.5. The number of methoxy groups -OCH3 is 1. The van der Waals surface area contributed by atoms with Crippen LogP contribution in [0.5, 0.6) is 5.75 Å². The molecule has 2 aromatic carbocycles. The maximum atomic E-state index is 12.5. The molecule has 1 heterocycles. The predicted octanol–water partition coefficient (Wildman–Crippen LogP) is 5.45. The van der Waals surface area contributed by atoms with Gasteiger partial charge in [-0.1, -0.05) is 17.7 Å². The smallest absolute Gasteiger partial charge is 0.258 e. The third-order valence-electron chi connectivity index (χ3n) is 3.81. The van der Waals surface area contributed by atoms with Gasteiger partial charge in [-0.15, -0.1) is 11.3 Å². The van der Waals surface area contributed by atoms with E-state index in [0.29, 0.717) is 20.9 Å². The summed E-state index contributed by atoms with van der Waals surface area (Å²) in [5, 5.41) is 5.38. The summed E-state index contributed by atoms with van der Waals surface area (Å²) in [5.41, 5.74) is 4.79. The van der Waals surface area contributed by atoms with Gasteiger partial charge in [0.2, 0.25) is 0 Å². The number of aryl methyl sites for hydroxylation is 2. The molecule has 6 heteroatoms. The highest BCUT2D eigenvalue weighted by molar-refractivity contribution is 9.10. The first-order valence-electron chi connectivity index (χ1n) is 7.66. The second-order valence-corrected chi connectivity index (χ2v) is 7.37. The van der Waals surface area contributed by atoms with E-state index in [1.54, 1.807) is 25.3 Å². The van der Waals surface area contributed by atoms with Gasteiger partial charge in [0.1, 0.15) is 5.75 Å². The molecule has 25 heavy (non-hydrogen) atoms. The number of rotatable bonds is 4. The quantitative estimate of drug-likeness (QED) is 0.614. The Morgan fingerprint density at radius 3 is 2.76 bits per heavy atom. The van der Waals surface area contributed by atoms with Gasteiger partial charge in [-0.05, 0) is 59.6 Å². The van der Waals surface area contributed by atoms with Crippen molar-refractivity contribution in [1.82, 2.24) is 4.98 Å². The van der Waals surface area contributed by atoms with Gasteiger partial charge in [0.05, 0.1) is 18.4 Å². The summed E-state index contributed by atoms with van der Waals surface area (Å²) in [6.45, 7) is 4.11. The number of thiazole rings is 1. The molecule has 0 aliphatic carbocycles. The Bertz CT molecular complexity index is 937. The first-order chi connectivity index (χ1) is 12.0. The Labute approximate surface area is 159 Å². The third-order valence-corrected chi connectivity index (χ3v) is 5.26. The zero-order valence-electron chi connectivity index (χ0n) is 14.1. The maximum Gasteiger partial charge on any atom is 0.258 e. The van der Waals surface area contributed by atoms with Gasteiger partial charge in [0, 0.05) is 15.4 Å². The molecule has 0 unspecified atom stereocenters. The van der Waals surface area contributed by atoms with Gasteiger partial charge in [0.15, 0.2) is 5.13 Å². The van der Waals surface area contributed by atoms with E-state index in [4.69, 9.17) is 4.74 Å². The highest BCUT2D eigenvalue weighted by atomic mass is 79.9. The van der Waals surface area contributed by atoms with Crippen molar-refractivity contribution >= 4 is 38.3 Å². The van der Waals surface area contributed by atoms with E-state index in [0.717, 1.165) is 16.8 Å². The molecule has 0 fully saturated rings. The van der Waals surface area contributed by atoms with Crippen LogP contribution in [0.3, 0.4) is 0 Å². The first-order valence-corrected chi connectivity index (χ1v) is 9.33. The summed E-state index contributed by atoms with van der Waals surface area (Å²) >= 11 is 4.81. The second kappa shape index (κ2) is 7.37. The molecule has 0 atom stereocenters. The van der Waals surface area contributed by atoms with E-state index in [9.17, 15) is 4.79 Å². The summed E-state index contributed by atoms with van der Waals surface area (Å²) in [6.07, 6.45) is 0. The van der Waals surface area contributed by atoms with Gasteiger partial charge in [-0.2, -0.15) is 0 Å². The standard InChI is InChI=1S/C19H17BrN2O2S/c1-11-4-5-12(2)14(8-11)17-10-25-19(21-17)22-18(23)15-9-13(24-3)6-7-16(15)20/h4-10H,1-3H3,(H,21,22,23). The molecular formula is C19H17BrN2O2S. The van der Waals surface area contributed by atoms with Crippen molar-refractivity contribution in [3.63, 3.8) is 0 Å². The molecular weight excluding hydrogens is 400 g/mol. The molecule has 3 rings (SSSR count). The number of carbonyl (C=O) groups excluding carboxylic acids is 1. The third kappa shape index (κ3) is 3.91. The predicted molar refractivity (Wildman–Crippen MR) is 106 cm³/mol. The van der Waals surface area contributed by atoms with E-state index < -0.39 is 0 Å². The number of carbonyl (C=O) groups is 1. The van der Waals surface area contributed by atoms with Gasteiger partial charge in [-0.3, -0.25) is 10.1 Å². The Hall–Kier alpha value is -2.18. The fourth-order valence-corrected chi connectivity index (χ4v) is 3.57. The van der Waals surface area contributed by atoms with Crippen LogP contribution in [-0.4, -0.2) is 18.0 Å². The van der Waals surface area contributed by atoms with Crippen LogP contribution in [0.15, 0.2) is 46.3 Å². The average molecular weight is 417 g/mol. The van der Waals surface area contributed by atoms with Crippen molar-refractivity contribution < 1.29 is 9.53 Å². The summed E-state index contributed by atoms with van der Waals surface area (Å²) in [4.78, 5) is 17.1. The Morgan fingerprint density at radius 1 is 1.20 bits per heavy atom. The lowest BCUT2D eigenvalue weighted by molar-refractivity contribution is 0.102. The Kier molecular flexibility index (Phi) is 5.20. The Morgan fingerprint density at radius 2 is 2.00 bits per heavy atom. The highest BCUT2D eigenvalue weighted by Gasteiger charge is 2.14. The van der Waals surface area contributed by atoms with Crippen LogP contribution in [0.1, 0.15) is 21.5 Å². The van der Waals surface area contributed by atoms with E-state index in [-0.39, 0.29) is 5.91 Å². The van der Waals surface area contributed by atoms with Crippen molar-refractivity contribution in [3.05, 3.63) is 62.9 Å². The highest BCUT2D eigenvalue weighted by Crippen LogP contribution is 2.29. The molecule has 1 N–H and O–H groups in total. The van der Waals surface area contributed by atoms with Crippen LogP contribution in [0.4, 0.5) is 5.13 Å². The summed E-state index contributed by atoms with van der Waals surface area (Å²) in [7, 11) is 1.57. The minimum absolute atomic E-state index is 0.229. The van der Waals surface area contributed by atoms with Crippen LogP contribution in [0.25, 0.3) is 11.3 Å². The normalized spacial score (nSPS) is 10.6. The molecule has 1 aromatic heterocycles. The largest absolute Gasteiger partial charge is 0.497 e. The van der Waals surface area contributed by atoms with Crippen LogP contribution < -0.4 is 10.1 Å². The monoisotopic (exact) mass is 416 g/mol. The maximum absolute atomic E-state index is 12.5. The average Bonchev–Trinajstić information content (AvgIpc) is 3.05. The number of amides is 1. The molecule has 4 nitrogen and oxygen atoms in total. The lowest BCUT2D eigenvalue weighted by atomic mass is 10.0. The minimum atomic E-state index is -0.229. The minimum Gasteiger partial charge on any atom is -0.497 e. The van der Waals surface area contributed by atoms with Crippen molar-refractivity contribution in [2.75, 3.05) is 12.4 Å². The van der Waals surface area contributed by atoms with Gasteiger partial charge in [0.25, 0.3) is 5.91 Å². The van der Waals surface area contributed by atoms with Crippen molar-refractivity contribution in [3.8, 4) is 17.0 Å². The molecule has 3 aromatic rings. The molecule has 0 saturated heterocycles. The first kappa shape index (κ1) is 17.6. The van der Waals surface area contributed by atoms with E-state index in [1.807, 2.05) is 5.38 Å². The summed E-state index contributed by atoms with van der Waals surface area (Å²) in [5.74, 6) is 0.399. The van der Waals surface area contributed by atoms with Crippen molar-refractivity contribution in [2.24, 2.45) is 0 Å². The van der Waals surface area contributed by atoms with Crippen LogP contribution in [0.2, 0.25) is 0 Å². The number of anilines is 1. The molecule has 0 saturated carbocycles. The number of hydrogen-bond donors (Lipinski definition) is 1. The van der Waals surface area contributed by atoms with Crippen LogP contribution in [-0.2, 0) is 0 Å². The fourth-order valence-electron chi connectivity index (χ4n) is 2.44. The SMILES string of the molecule is COc1ccc(Br)c(C(=O)Nc2nc(-c3cc(C)ccc3C)cs2)c1. The van der Waals surface area contributed by atoms with Crippen LogP contribution in [0, 0.1) is 13.8 Å². The molecule has 0 spiro atoms. The topological polar surface area (TPSA) is 51.2 Å². The second-order valence-electron chi connectivity index (χ2n) is 5.66. The fraction of sp³-hybridized carbons (Fsp3) is 0.158. The molecule has 128 valence electrons. The Balaban J connectivity index is 1.84. The number of nitrogens with one attached hydrogen (secondary N) is 1. The zero-order chi connectivity index (χ0) is 18.0. The van der Waals surface area contributed by atoms with Gasteiger partial charge >= 0.3 is 0 Å². The van der Waals surface area contributed by atoms with Gasteiger partial charge < -0.3 is 4.74 Å². The number of halogens is 1. The molecule has 0 aliphatic heterocycles.